The summed E-state index contributed by atoms with van der Waals surface area (Å²) >= 11 is 7.41. The number of nitriles is 1. The van der Waals surface area contributed by atoms with Crippen LogP contribution in [0.1, 0.15) is 21.8 Å². The van der Waals surface area contributed by atoms with Crippen molar-refractivity contribution in [2.45, 2.75) is 20.4 Å². The van der Waals surface area contributed by atoms with Gasteiger partial charge in [-0.05, 0) is 32.0 Å². The van der Waals surface area contributed by atoms with Crippen LogP contribution in [-0.2, 0) is 6.54 Å². The van der Waals surface area contributed by atoms with Crippen LogP contribution in [0, 0.1) is 25.2 Å². The van der Waals surface area contributed by atoms with Gasteiger partial charge in [0.2, 0.25) is 0 Å². The first-order chi connectivity index (χ1) is 8.60. The zero-order valence-electron chi connectivity index (χ0n) is 10.1. The third-order valence-corrected chi connectivity index (χ3v) is 3.75. The van der Waals surface area contributed by atoms with Crippen molar-refractivity contribution in [2.24, 2.45) is 0 Å². The molecule has 0 atom stereocenters. The maximum atomic E-state index is 9.14. The number of aromatic nitrogens is 1. The summed E-state index contributed by atoms with van der Waals surface area (Å²) < 4.78 is 0.773. The molecule has 0 saturated carbocycles. The first-order valence-electron chi connectivity index (χ1n) is 5.46. The second-order valence-corrected chi connectivity index (χ2v) is 5.74. The number of rotatable bonds is 3. The lowest BCUT2D eigenvalue weighted by atomic mass is 10.1. The zero-order chi connectivity index (χ0) is 13.1. The van der Waals surface area contributed by atoms with E-state index in [2.05, 4.69) is 16.4 Å². The van der Waals surface area contributed by atoms with Gasteiger partial charge in [-0.25, -0.2) is 0 Å². The Morgan fingerprint density at radius 3 is 2.83 bits per heavy atom. The number of hydrogen-bond acceptors (Lipinski definition) is 4. The lowest BCUT2D eigenvalue weighted by Gasteiger charge is -2.09. The molecule has 2 rings (SSSR count). The highest BCUT2D eigenvalue weighted by Crippen LogP contribution is 2.24. The second kappa shape index (κ2) is 5.38. The fraction of sp³-hybridized carbons (Fsp3) is 0.231. The summed E-state index contributed by atoms with van der Waals surface area (Å²) in [5.41, 5.74) is 3.08. The van der Waals surface area contributed by atoms with Crippen molar-refractivity contribution in [1.82, 2.24) is 4.98 Å². The van der Waals surface area contributed by atoms with Crippen molar-refractivity contribution in [3.63, 3.8) is 0 Å². The van der Waals surface area contributed by atoms with Gasteiger partial charge in [0.15, 0.2) is 0 Å². The standard InChI is InChI=1S/C13H12ClN3S/c1-8-5-12(11(6-15)9(2)17-8)16-7-10-3-4-13(14)18-10/h3-5H,7H2,1-2H3,(H,16,17). The van der Waals surface area contributed by atoms with Gasteiger partial charge in [-0.1, -0.05) is 11.6 Å². The fourth-order valence-electron chi connectivity index (χ4n) is 1.74. The van der Waals surface area contributed by atoms with Crippen molar-refractivity contribution < 1.29 is 0 Å². The van der Waals surface area contributed by atoms with E-state index < -0.39 is 0 Å². The molecule has 2 aromatic heterocycles. The number of hydrogen-bond donors (Lipinski definition) is 1. The highest BCUT2D eigenvalue weighted by atomic mass is 35.5. The molecule has 0 spiro atoms. The van der Waals surface area contributed by atoms with Gasteiger partial charge in [0.05, 0.1) is 21.3 Å². The van der Waals surface area contributed by atoms with Crippen LogP contribution in [0.2, 0.25) is 4.34 Å². The van der Waals surface area contributed by atoms with Gasteiger partial charge in [0, 0.05) is 17.1 Å². The van der Waals surface area contributed by atoms with E-state index in [9.17, 15) is 0 Å². The minimum atomic E-state index is 0.600. The molecule has 1 N–H and O–H groups in total. The van der Waals surface area contributed by atoms with E-state index in [1.165, 1.54) is 11.3 Å². The molecule has 0 aliphatic heterocycles. The third kappa shape index (κ3) is 2.81. The van der Waals surface area contributed by atoms with E-state index in [0.29, 0.717) is 12.1 Å². The van der Waals surface area contributed by atoms with Crippen molar-refractivity contribution >= 4 is 28.6 Å². The normalized spacial score (nSPS) is 10.1. The quantitative estimate of drug-likeness (QED) is 0.926. The van der Waals surface area contributed by atoms with Gasteiger partial charge >= 0.3 is 0 Å². The topological polar surface area (TPSA) is 48.7 Å². The van der Waals surface area contributed by atoms with E-state index in [4.69, 9.17) is 16.9 Å². The Kier molecular flexibility index (Phi) is 3.85. The maximum absolute atomic E-state index is 9.14. The molecule has 0 fully saturated rings. The van der Waals surface area contributed by atoms with Crippen molar-refractivity contribution in [3.05, 3.63) is 44.4 Å². The molecule has 18 heavy (non-hydrogen) atoms. The summed E-state index contributed by atoms with van der Waals surface area (Å²) in [6, 6.07) is 7.93. The maximum Gasteiger partial charge on any atom is 0.103 e. The molecule has 3 nitrogen and oxygen atoms in total. The Balaban J connectivity index is 2.21. The zero-order valence-corrected chi connectivity index (χ0v) is 11.7. The first-order valence-corrected chi connectivity index (χ1v) is 6.66. The summed E-state index contributed by atoms with van der Waals surface area (Å²) in [5, 5.41) is 12.4. The van der Waals surface area contributed by atoms with E-state index in [0.717, 1.165) is 26.3 Å². The predicted octanol–water partition coefficient (Wildman–Crippen LogP) is 3.90. The van der Waals surface area contributed by atoms with Crippen LogP contribution in [0.5, 0.6) is 0 Å². The Labute approximate surface area is 115 Å². The minimum Gasteiger partial charge on any atom is -0.379 e. The number of anilines is 1. The number of pyridine rings is 1. The van der Waals surface area contributed by atoms with Crippen molar-refractivity contribution in [2.75, 3.05) is 5.32 Å². The van der Waals surface area contributed by atoms with Crippen molar-refractivity contribution in [3.8, 4) is 6.07 Å². The molecule has 0 amide bonds. The van der Waals surface area contributed by atoms with Gasteiger partial charge in [-0.15, -0.1) is 11.3 Å². The lowest BCUT2D eigenvalue weighted by molar-refractivity contribution is 1.09. The molecule has 0 aromatic carbocycles. The molecule has 0 radical (unpaired) electrons. The Morgan fingerprint density at radius 1 is 1.44 bits per heavy atom. The molecule has 0 unspecified atom stereocenters. The fourth-order valence-corrected chi connectivity index (χ4v) is 2.77. The van der Waals surface area contributed by atoms with Crippen molar-refractivity contribution in [1.29, 1.82) is 5.26 Å². The van der Waals surface area contributed by atoms with Crippen LogP contribution in [0.4, 0.5) is 5.69 Å². The Bertz CT molecular complexity index is 613. The monoisotopic (exact) mass is 277 g/mol. The number of halogens is 1. The van der Waals surface area contributed by atoms with Gasteiger partial charge < -0.3 is 5.32 Å². The van der Waals surface area contributed by atoms with Crippen LogP contribution in [0.15, 0.2) is 18.2 Å². The number of nitrogens with zero attached hydrogens (tertiary/aromatic N) is 2. The largest absolute Gasteiger partial charge is 0.379 e. The average Bonchev–Trinajstić information content (AvgIpc) is 2.72. The number of thiophene rings is 1. The SMILES string of the molecule is Cc1cc(NCc2ccc(Cl)s2)c(C#N)c(C)n1. The smallest absolute Gasteiger partial charge is 0.103 e. The van der Waals surface area contributed by atoms with E-state index in [1.807, 2.05) is 32.0 Å². The van der Waals surface area contributed by atoms with E-state index in [-0.39, 0.29) is 0 Å². The molecule has 5 heteroatoms. The molecule has 2 aromatic rings. The third-order valence-electron chi connectivity index (χ3n) is 2.52. The lowest BCUT2D eigenvalue weighted by Crippen LogP contribution is -2.03. The molecule has 0 saturated heterocycles. The molecular weight excluding hydrogens is 266 g/mol. The van der Waals surface area contributed by atoms with Crippen LogP contribution < -0.4 is 5.32 Å². The summed E-state index contributed by atoms with van der Waals surface area (Å²) in [6.07, 6.45) is 0. The van der Waals surface area contributed by atoms with Crippen LogP contribution in [-0.4, -0.2) is 4.98 Å². The molecule has 2 heterocycles. The average molecular weight is 278 g/mol. The Morgan fingerprint density at radius 2 is 2.22 bits per heavy atom. The highest BCUT2D eigenvalue weighted by molar-refractivity contribution is 7.16. The summed E-state index contributed by atoms with van der Waals surface area (Å²) in [4.78, 5) is 5.42. The molecule has 0 aliphatic carbocycles. The number of aryl methyl sites for hydroxylation is 2. The highest BCUT2D eigenvalue weighted by Gasteiger charge is 2.08. The summed E-state index contributed by atoms with van der Waals surface area (Å²) in [6.45, 7) is 4.43. The van der Waals surface area contributed by atoms with Gasteiger partial charge in [-0.3, -0.25) is 4.98 Å². The van der Waals surface area contributed by atoms with Gasteiger partial charge in [0.1, 0.15) is 6.07 Å². The summed E-state index contributed by atoms with van der Waals surface area (Å²) in [5.74, 6) is 0. The Hall–Kier alpha value is -1.57. The van der Waals surface area contributed by atoms with E-state index in [1.54, 1.807) is 0 Å². The molecule has 0 aliphatic rings. The minimum absolute atomic E-state index is 0.600. The molecule has 92 valence electrons. The predicted molar refractivity (Wildman–Crippen MR) is 75.1 cm³/mol. The van der Waals surface area contributed by atoms with Crippen LogP contribution >= 0.6 is 22.9 Å². The van der Waals surface area contributed by atoms with Crippen LogP contribution in [0.25, 0.3) is 0 Å². The molecule has 0 bridgehead atoms. The number of nitrogens with one attached hydrogen (secondary N) is 1. The van der Waals surface area contributed by atoms with Gasteiger partial charge in [-0.2, -0.15) is 5.26 Å². The van der Waals surface area contributed by atoms with E-state index >= 15 is 0 Å². The summed E-state index contributed by atoms with van der Waals surface area (Å²) in [7, 11) is 0. The molecular formula is C13H12ClN3S. The first kappa shape index (κ1) is 12.9. The second-order valence-electron chi connectivity index (χ2n) is 3.94. The van der Waals surface area contributed by atoms with Gasteiger partial charge in [0.25, 0.3) is 0 Å². The van der Waals surface area contributed by atoms with Crippen LogP contribution in [0.3, 0.4) is 0 Å².